The van der Waals surface area contributed by atoms with Gasteiger partial charge in [-0.15, -0.1) is 13.2 Å². The van der Waals surface area contributed by atoms with Crippen molar-refractivity contribution in [1.82, 2.24) is 4.57 Å². The third-order valence-corrected chi connectivity index (χ3v) is 5.13. The lowest BCUT2D eigenvalue weighted by Crippen LogP contribution is -2.43. The predicted octanol–water partition coefficient (Wildman–Crippen LogP) is 5.10. The fraction of sp³-hybridized carbons (Fsp3) is 0.250. The Morgan fingerprint density at radius 2 is 1.59 bits per heavy atom. The number of halogens is 6. The fourth-order valence-corrected chi connectivity index (χ4v) is 3.26. The first-order valence-corrected chi connectivity index (χ1v) is 11.0. The summed E-state index contributed by atoms with van der Waals surface area (Å²) in [4.78, 5) is 0. The van der Waals surface area contributed by atoms with Crippen LogP contribution in [0.4, 0.5) is 22.0 Å². The molecule has 0 aliphatic rings. The Balaban J connectivity index is 1.61. The average molecular weight is 546 g/mol. The average Bonchev–Trinajstić information content (AvgIpc) is 2.83. The molecule has 1 heterocycles. The third-order valence-electron chi connectivity index (χ3n) is 4.82. The summed E-state index contributed by atoms with van der Waals surface area (Å²) in [5.74, 6) is -5.26. The Bertz CT molecular complexity index is 1280. The van der Waals surface area contributed by atoms with Crippen LogP contribution in [0.1, 0.15) is 0 Å². The van der Waals surface area contributed by atoms with Crippen LogP contribution >= 0.6 is 11.6 Å². The van der Waals surface area contributed by atoms with E-state index in [1.165, 1.54) is 18.2 Å². The maximum Gasteiger partial charge on any atom is 0.573 e. The topological polar surface area (TPSA) is 101 Å². The van der Waals surface area contributed by atoms with Crippen molar-refractivity contribution in [3.63, 3.8) is 0 Å². The molecule has 0 amide bonds. The summed E-state index contributed by atoms with van der Waals surface area (Å²) in [6.45, 7) is -2.04. The van der Waals surface area contributed by atoms with Crippen LogP contribution < -0.4 is 15.0 Å². The first kappa shape index (κ1) is 28.1. The van der Waals surface area contributed by atoms with Gasteiger partial charge in [0.15, 0.2) is 5.84 Å². The number of rotatable bonds is 10. The first-order chi connectivity index (χ1) is 17.4. The molecule has 3 N–H and O–H groups in total. The number of aliphatic hydroxyl groups excluding tert-OH is 1. The van der Waals surface area contributed by atoms with Gasteiger partial charge in [-0.25, -0.2) is 0 Å². The molecule has 198 valence electrons. The highest BCUT2D eigenvalue weighted by Crippen LogP contribution is 2.27. The van der Waals surface area contributed by atoms with Crippen LogP contribution in [-0.4, -0.2) is 53.7 Å². The van der Waals surface area contributed by atoms with Crippen LogP contribution in [0.3, 0.4) is 0 Å². The maximum absolute atomic E-state index is 14.7. The number of para-hydroxylation sites is 1. The zero-order valence-corrected chi connectivity index (χ0v) is 19.7. The summed E-state index contributed by atoms with van der Waals surface area (Å²) in [6, 6.07) is 13.7. The van der Waals surface area contributed by atoms with Crippen molar-refractivity contribution >= 4 is 17.4 Å². The van der Waals surface area contributed by atoms with Gasteiger partial charge in [-0.1, -0.05) is 35.9 Å². The highest BCUT2D eigenvalue weighted by molar-refractivity contribution is 6.32. The van der Waals surface area contributed by atoms with E-state index in [-0.39, 0.29) is 12.2 Å². The van der Waals surface area contributed by atoms with E-state index >= 15 is 0 Å². The van der Waals surface area contributed by atoms with Crippen LogP contribution in [-0.2, 0) is 4.74 Å². The number of nitrogens with one attached hydrogen (secondary N) is 2. The molecule has 1 atom stereocenters. The minimum absolute atomic E-state index is 0.267. The number of hydrogen-bond acceptors (Lipinski definition) is 6. The summed E-state index contributed by atoms with van der Waals surface area (Å²) in [5, 5.41) is 26.1. The van der Waals surface area contributed by atoms with Gasteiger partial charge in [-0.3, -0.25) is 15.4 Å². The molecule has 7 nitrogen and oxygen atoms in total. The lowest BCUT2D eigenvalue weighted by Gasteiger charge is -2.21. The zero-order chi connectivity index (χ0) is 27.2. The SMILES string of the molecule is N=C(n1cc(-c2ccc(OC(F)(F)F)cc2)ccc1=N)C(F)(F)COCC(O)COc1ccccc1Cl. The predicted molar refractivity (Wildman–Crippen MR) is 124 cm³/mol. The normalized spacial score (nSPS) is 12.7. The number of nitrogens with zero attached hydrogens (tertiary/aromatic N) is 1. The molecule has 0 radical (unpaired) electrons. The van der Waals surface area contributed by atoms with Gasteiger partial charge in [-0.2, -0.15) is 8.78 Å². The molecule has 0 fully saturated rings. The molecule has 0 spiro atoms. The molecule has 1 unspecified atom stereocenters. The van der Waals surface area contributed by atoms with Crippen molar-refractivity contribution in [2.24, 2.45) is 0 Å². The first-order valence-electron chi connectivity index (χ1n) is 10.6. The van der Waals surface area contributed by atoms with Crippen LogP contribution in [0.5, 0.6) is 11.5 Å². The van der Waals surface area contributed by atoms with Crippen molar-refractivity contribution in [2.45, 2.75) is 18.4 Å². The van der Waals surface area contributed by atoms with Gasteiger partial charge < -0.3 is 19.3 Å². The van der Waals surface area contributed by atoms with Crippen molar-refractivity contribution < 1.29 is 41.3 Å². The molecule has 2 aromatic carbocycles. The van der Waals surface area contributed by atoms with Crippen molar-refractivity contribution in [1.29, 1.82) is 10.8 Å². The molecule has 0 saturated heterocycles. The second-order valence-electron chi connectivity index (χ2n) is 7.71. The molecule has 37 heavy (non-hydrogen) atoms. The Kier molecular flexibility index (Phi) is 8.89. The second kappa shape index (κ2) is 11.7. The quantitative estimate of drug-likeness (QED) is 0.187. The molecule has 0 saturated carbocycles. The minimum atomic E-state index is -4.86. The summed E-state index contributed by atoms with van der Waals surface area (Å²) in [6.07, 6.45) is -5.03. The molecule has 3 aromatic rings. The standard InChI is InChI=1S/C24H21ClF5N3O4/c25-19-3-1-2-4-20(19)36-13-17(34)12-35-14-23(26,27)22(32)33-11-16(7-10-21(33)31)15-5-8-18(9-6-15)37-24(28,29)30/h1-11,17,31-32,34H,12-14H2. The van der Waals surface area contributed by atoms with E-state index in [0.29, 0.717) is 20.9 Å². The Hall–Kier alpha value is -3.48. The van der Waals surface area contributed by atoms with Gasteiger partial charge >= 0.3 is 12.3 Å². The molecular formula is C24H21ClF5N3O4. The van der Waals surface area contributed by atoms with E-state index in [9.17, 15) is 27.1 Å². The van der Waals surface area contributed by atoms with Gasteiger partial charge in [0.1, 0.15) is 36.3 Å². The number of aromatic nitrogens is 1. The maximum atomic E-state index is 14.7. The molecular weight excluding hydrogens is 525 g/mol. The van der Waals surface area contributed by atoms with E-state index in [4.69, 9.17) is 31.9 Å². The van der Waals surface area contributed by atoms with Crippen LogP contribution in [0.2, 0.25) is 5.02 Å². The molecule has 0 bridgehead atoms. The van der Waals surface area contributed by atoms with Gasteiger partial charge in [0.25, 0.3) is 0 Å². The Labute approximate surface area is 212 Å². The van der Waals surface area contributed by atoms with Gasteiger partial charge in [-0.05, 0) is 47.5 Å². The Morgan fingerprint density at radius 3 is 2.24 bits per heavy atom. The number of aliphatic hydroxyl groups is 1. The summed E-state index contributed by atoms with van der Waals surface area (Å²) >= 11 is 5.93. The number of hydrogen-bond donors (Lipinski definition) is 3. The van der Waals surface area contributed by atoms with Crippen LogP contribution in [0.15, 0.2) is 66.9 Å². The summed E-state index contributed by atoms with van der Waals surface area (Å²) in [5.41, 5.74) is 0.180. The van der Waals surface area contributed by atoms with Crippen molar-refractivity contribution in [3.05, 3.63) is 77.4 Å². The monoisotopic (exact) mass is 545 g/mol. The van der Waals surface area contributed by atoms with Crippen molar-refractivity contribution in [2.75, 3.05) is 19.8 Å². The van der Waals surface area contributed by atoms with E-state index in [1.54, 1.807) is 24.3 Å². The van der Waals surface area contributed by atoms with Crippen molar-refractivity contribution in [3.8, 4) is 22.6 Å². The third kappa shape index (κ3) is 8.00. The van der Waals surface area contributed by atoms with Gasteiger partial charge in [0.05, 0.1) is 11.6 Å². The molecule has 0 aliphatic heterocycles. The lowest BCUT2D eigenvalue weighted by molar-refractivity contribution is -0.274. The van der Waals surface area contributed by atoms with Crippen LogP contribution in [0, 0.1) is 10.8 Å². The smallest absolute Gasteiger partial charge is 0.489 e. The largest absolute Gasteiger partial charge is 0.573 e. The highest BCUT2D eigenvalue weighted by Gasteiger charge is 2.37. The van der Waals surface area contributed by atoms with Crippen LogP contribution in [0.25, 0.3) is 11.1 Å². The van der Waals surface area contributed by atoms with E-state index < -0.39 is 48.7 Å². The van der Waals surface area contributed by atoms with Gasteiger partial charge in [0.2, 0.25) is 0 Å². The van der Waals surface area contributed by atoms with Gasteiger partial charge in [0, 0.05) is 6.20 Å². The molecule has 3 rings (SSSR count). The molecule has 0 aliphatic carbocycles. The number of alkyl halides is 5. The van der Waals surface area contributed by atoms with E-state index in [1.807, 2.05) is 0 Å². The number of ether oxygens (including phenoxy) is 3. The summed E-state index contributed by atoms with van der Waals surface area (Å²) < 4.78 is 81.0. The Morgan fingerprint density at radius 1 is 0.946 bits per heavy atom. The molecule has 13 heteroatoms. The minimum Gasteiger partial charge on any atom is -0.489 e. The molecule has 1 aromatic heterocycles. The summed E-state index contributed by atoms with van der Waals surface area (Å²) in [7, 11) is 0. The lowest BCUT2D eigenvalue weighted by atomic mass is 10.1. The highest BCUT2D eigenvalue weighted by atomic mass is 35.5. The fourth-order valence-electron chi connectivity index (χ4n) is 3.07. The zero-order valence-electron chi connectivity index (χ0n) is 18.9. The second-order valence-corrected chi connectivity index (χ2v) is 8.12. The number of benzene rings is 2. The van der Waals surface area contributed by atoms with E-state index in [2.05, 4.69) is 4.74 Å². The van der Waals surface area contributed by atoms with E-state index in [0.717, 1.165) is 24.4 Å². The number of pyridine rings is 1.